The zero-order valence-electron chi connectivity index (χ0n) is 14.3. The van der Waals surface area contributed by atoms with Crippen LogP contribution in [0.5, 0.6) is 0 Å². The van der Waals surface area contributed by atoms with Crippen molar-refractivity contribution in [1.29, 1.82) is 0 Å². The Morgan fingerprint density at radius 2 is 1.84 bits per heavy atom. The van der Waals surface area contributed by atoms with Gasteiger partial charge in [0, 0.05) is 17.1 Å². The molecule has 0 aromatic heterocycles. The quantitative estimate of drug-likeness (QED) is 0.698. The van der Waals surface area contributed by atoms with E-state index < -0.39 is 0 Å². The van der Waals surface area contributed by atoms with Crippen LogP contribution in [0.4, 0.5) is 5.69 Å². The van der Waals surface area contributed by atoms with Crippen molar-refractivity contribution in [2.45, 2.75) is 25.2 Å². The highest BCUT2D eigenvalue weighted by atomic mass is 35.5. The Labute approximate surface area is 157 Å². The van der Waals surface area contributed by atoms with E-state index in [9.17, 15) is 9.59 Å². The van der Waals surface area contributed by atoms with Gasteiger partial charge in [-0.2, -0.15) is 0 Å². The van der Waals surface area contributed by atoms with Crippen molar-refractivity contribution in [3.63, 3.8) is 0 Å². The first-order valence-corrected chi connectivity index (χ1v) is 9.43. The van der Waals surface area contributed by atoms with Crippen molar-refractivity contribution < 1.29 is 9.59 Å². The number of anilines is 1. The van der Waals surface area contributed by atoms with E-state index in [1.165, 1.54) is 17.3 Å². The van der Waals surface area contributed by atoms with E-state index in [1.54, 1.807) is 18.2 Å². The van der Waals surface area contributed by atoms with Crippen LogP contribution in [0, 0.1) is 6.92 Å². The molecule has 0 fully saturated rings. The average molecular weight is 377 g/mol. The van der Waals surface area contributed by atoms with Crippen molar-refractivity contribution in [3.05, 3.63) is 58.6 Å². The van der Waals surface area contributed by atoms with Gasteiger partial charge < -0.3 is 10.6 Å². The Hall–Kier alpha value is -1.98. The van der Waals surface area contributed by atoms with Gasteiger partial charge in [0.25, 0.3) is 5.91 Å². The van der Waals surface area contributed by atoms with Crippen LogP contribution in [-0.4, -0.2) is 24.1 Å². The molecular formula is C19H21ClN2O2S. The van der Waals surface area contributed by atoms with Crippen LogP contribution in [-0.2, 0) is 4.79 Å². The minimum Gasteiger partial charge on any atom is -0.352 e. The predicted molar refractivity (Wildman–Crippen MR) is 105 cm³/mol. The maximum atomic E-state index is 12.1. The molecule has 0 spiro atoms. The maximum Gasteiger partial charge on any atom is 0.252 e. The molecule has 0 saturated heterocycles. The first-order valence-electron chi connectivity index (χ1n) is 8.06. The van der Waals surface area contributed by atoms with E-state index in [1.807, 2.05) is 38.1 Å². The van der Waals surface area contributed by atoms with Crippen LogP contribution in [0.3, 0.4) is 0 Å². The van der Waals surface area contributed by atoms with Crippen LogP contribution in [0.1, 0.15) is 29.3 Å². The highest BCUT2D eigenvalue weighted by Crippen LogP contribution is 2.22. The fourth-order valence-corrected chi connectivity index (χ4v) is 3.06. The summed E-state index contributed by atoms with van der Waals surface area (Å²) >= 11 is 7.63. The number of halogens is 1. The summed E-state index contributed by atoms with van der Waals surface area (Å²) in [5.41, 5.74) is 2.17. The Morgan fingerprint density at radius 1 is 1.12 bits per heavy atom. The Morgan fingerprint density at radius 3 is 2.48 bits per heavy atom. The summed E-state index contributed by atoms with van der Waals surface area (Å²) in [6, 6.07) is 12.9. The molecule has 2 aromatic rings. The van der Waals surface area contributed by atoms with Gasteiger partial charge in [0.15, 0.2) is 0 Å². The Bertz CT molecular complexity index is 748. The van der Waals surface area contributed by atoms with Gasteiger partial charge in [-0.3, -0.25) is 9.59 Å². The molecule has 6 heteroatoms. The third-order valence-electron chi connectivity index (χ3n) is 3.42. The molecule has 4 nitrogen and oxygen atoms in total. The number of thioether (sulfide) groups is 1. The van der Waals surface area contributed by atoms with Crippen LogP contribution in [0.15, 0.2) is 47.4 Å². The van der Waals surface area contributed by atoms with Gasteiger partial charge in [-0.05, 0) is 43.7 Å². The second-order valence-electron chi connectivity index (χ2n) is 5.60. The van der Waals surface area contributed by atoms with E-state index in [0.29, 0.717) is 28.6 Å². The largest absolute Gasteiger partial charge is 0.352 e. The van der Waals surface area contributed by atoms with Crippen LogP contribution < -0.4 is 10.6 Å². The highest BCUT2D eigenvalue weighted by Gasteiger charge is 2.11. The molecule has 0 aliphatic carbocycles. The normalized spacial score (nSPS) is 10.4. The second kappa shape index (κ2) is 9.49. The molecule has 2 aromatic carbocycles. The van der Waals surface area contributed by atoms with E-state index in [2.05, 4.69) is 10.6 Å². The Kier molecular flexibility index (Phi) is 7.34. The number of nitrogens with one attached hydrogen (secondary N) is 2. The minimum atomic E-state index is -0.209. The summed E-state index contributed by atoms with van der Waals surface area (Å²) in [6.07, 6.45) is 0.857. The number of benzene rings is 2. The summed E-state index contributed by atoms with van der Waals surface area (Å²) in [5, 5.41) is 5.89. The maximum absolute atomic E-state index is 12.1. The summed E-state index contributed by atoms with van der Waals surface area (Å²) < 4.78 is 0. The lowest BCUT2D eigenvalue weighted by Gasteiger charge is -2.09. The van der Waals surface area contributed by atoms with Gasteiger partial charge in [0.2, 0.25) is 5.91 Å². The molecule has 0 heterocycles. The molecular weight excluding hydrogens is 356 g/mol. The van der Waals surface area contributed by atoms with E-state index >= 15 is 0 Å². The van der Waals surface area contributed by atoms with Crippen molar-refractivity contribution in [2.24, 2.45) is 0 Å². The van der Waals surface area contributed by atoms with Gasteiger partial charge in [-0.25, -0.2) is 0 Å². The molecule has 2 amide bonds. The van der Waals surface area contributed by atoms with Crippen molar-refractivity contribution in [2.75, 3.05) is 17.6 Å². The first-order chi connectivity index (χ1) is 12.0. The molecule has 0 unspecified atom stereocenters. The standard InChI is InChI=1S/C19H21ClN2O2S/c1-3-10-21-19(24)16-9-6-14(11-17(16)20)22-18(23)12-25-15-7-4-13(2)5-8-15/h4-9,11H,3,10,12H2,1-2H3,(H,21,24)(H,22,23). The summed E-state index contributed by atoms with van der Waals surface area (Å²) in [4.78, 5) is 25.1. The number of aryl methyl sites for hydroxylation is 1. The van der Waals surface area contributed by atoms with Crippen LogP contribution >= 0.6 is 23.4 Å². The van der Waals surface area contributed by atoms with Gasteiger partial charge >= 0.3 is 0 Å². The molecule has 132 valence electrons. The molecule has 2 N–H and O–H groups in total. The van der Waals surface area contributed by atoms with Crippen molar-refractivity contribution >= 4 is 40.9 Å². The first kappa shape index (κ1) is 19.3. The van der Waals surface area contributed by atoms with Gasteiger partial charge in [0.1, 0.15) is 0 Å². The van der Waals surface area contributed by atoms with E-state index in [0.717, 1.165) is 11.3 Å². The second-order valence-corrected chi connectivity index (χ2v) is 7.06. The zero-order chi connectivity index (χ0) is 18.2. The molecule has 0 saturated carbocycles. The van der Waals surface area contributed by atoms with E-state index in [4.69, 9.17) is 11.6 Å². The Balaban J connectivity index is 1.91. The number of carbonyl (C=O) groups is 2. The van der Waals surface area contributed by atoms with Crippen LogP contribution in [0.2, 0.25) is 5.02 Å². The minimum absolute atomic E-state index is 0.121. The third-order valence-corrected chi connectivity index (χ3v) is 4.75. The molecule has 0 bridgehead atoms. The smallest absolute Gasteiger partial charge is 0.252 e. The van der Waals surface area contributed by atoms with Gasteiger partial charge in [-0.1, -0.05) is 36.2 Å². The lowest BCUT2D eigenvalue weighted by molar-refractivity contribution is -0.113. The van der Waals surface area contributed by atoms with Crippen molar-refractivity contribution in [1.82, 2.24) is 5.32 Å². The predicted octanol–water partition coefficient (Wildman–Crippen LogP) is 4.52. The number of hydrogen-bond donors (Lipinski definition) is 2. The number of amides is 2. The fraction of sp³-hybridized carbons (Fsp3) is 0.263. The lowest BCUT2D eigenvalue weighted by Crippen LogP contribution is -2.24. The van der Waals surface area contributed by atoms with Gasteiger partial charge in [0.05, 0.1) is 16.3 Å². The molecule has 0 radical (unpaired) electrons. The van der Waals surface area contributed by atoms with E-state index in [-0.39, 0.29) is 11.8 Å². The van der Waals surface area contributed by atoms with Crippen LogP contribution in [0.25, 0.3) is 0 Å². The number of carbonyl (C=O) groups excluding carboxylic acids is 2. The third kappa shape index (κ3) is 6.11. The van der Waals surface area contributed by atoms with Gasteiger partial charge in [-0.15, -0.1) is 11.8 Å². The van der Waals surface area contributed by atoms with Crippen molar-refractivity contribution in [3.8, 4) is 0 Å². The SMILES string of the molecule is CCCNC(=O)c1ccc(NC(=O)CSc2ccc(C)cc2)cc1Cl. The summed E-state index contributed by atoms with van der Waals surface area (Å²) in [6.45, 7) is 4.61. The fourth-order valence-electron chi connectivity index (χ4n) is 2.09. The molecule has 2 rings (SSSR count). The summed E-state index contributed by atoms with van der Waals surface area (Å²) in [5.74, 6) is -0.0242. The molecule has 0 atom stereocenters. The number of rotatable bonds is 7. The monoisotopic (exact) mass is 376 g/mol. The lowest BCUT2D eigenvalue weighted by atomic mass is 10.2. The highest BCUT2D eigenvalue weighted by molar-refractivity contribution is 8.00. The molecule has 0 aliphatic rings. The molecule has 25 heavy (non-hydrogen) atoms. The zero-order valence-corrected chi connectivity index (χ0v) is 15.8. The average Bonchev–Trinajstić information content (AvgIpc) is 2.59. The summed E-state index contributed by atoms with van der Waals surface area (Å²) in [7, 11) is 0. The topological polar surface area (TPSA) is 58.2 Å². The number of hydrogen-bond acceptors (Lipinski definition) is 3. The molecule has 0 aliphatic heterocycles.